The number of ether oxygens (including phenoxy) is 1. The maximum atomic E-state index is 12.4. The molecule has 1 aliphatic heterocycles. The highest BCUT2D eigenvalue weighted by molar-refractivity contribution is 4.94. The van der Waals surface area contributed by atoms with Gasteiger partial charge in [0.05, 0.1) is 19.1 Å². The van der Waals surface area contributed by atoms with Gasteiger partial charge in [0.25, 0.3) is 5.92 Å². The largest absolute Gasteiger partial charge is 0.381 e. The van der Waals surface area contributed by atoms with Gasteiger partial charge in [-0.25, -0.2) is 8.78 Å². The third-order valence-corrected chi connectivity index (χ3v) is 2.79. The molecule has 0 amide bonds. The van der Waals surface area contributed by atoms with Gasteiger partial charge >= 0.3 is 0 Å². The van der Waals surface area contributed by atoms with Gasteiger partial charge in [-0.15, -0.1) is 0 Å². The first-order valence-electron chi connectivity index (χ1n) is 4.85. The molecule has 2 nitrogen and oxygen atoms in total. The van der Waals surface area contributed by atoms with E-state index in [2.05, 4.69) is 5.32 Å². The van der Waals surface area contributed by atoms with E-state index in [4.69, 9.17) is 4.74 Å². The molecule has 4 heteroatoms. The van der Waals surface area contributed by atoms with Crippen molar-refractivity contribution >= 4 is 0 Å². The Bertz CT molecular complexity index is 176. The lowest BCUT2D eigenvalue weighted by Crippen LogP contribution is -2.15. The third-order valence-electron chi connectivity index (χ3n) is 2.79. The Balaban J connectivity index is 1.54. The molecule has 1 heterocycles. The first kappa shape index (κ1) is 9.34. The molecule has 76 valence electrons. The van der Waals surface area contributed by atoms with Crippen LogP contribution in [0.15, 0.2) is 0 Å². The highest BCUT2D eigenvalue weighted by Crippen LogP contribution is 2.48. The lowest BCUT2D eigenvalue weighted by Gasteiger charge is -2.08. The summed E-state index contributed by atoms with van der Waals surface area (Å²) in [5.41, 5.74) is 0. The molecule has 0 aromatic carbocycles. The third kappa shape index (κ3) is 2.38. The number of rotatable bonds is 4. The number of halogens is 2. The monoisotopic (exact) mass is 191 g/mol. The summed E-state index contributed by atoms with van der Waals surface area (Å²) in [5.74, 6) is -2.39. The number of hydrogen-bond donors (Lipinski definition) is 1. The Hall–Kier alpha value is -0.220. The summed E-state index contributed by atoms with van der Waals surface area (Å²) in [6, 6.07) is 0. The van der Waals surface area contributed by atoms with E-state index in [-0.39, 0.29) is 13.0 Å². The van der Waals surface area contributed by atoms with E-state index in [0.29, 0.717) is 12.5 Å². The fourth-order valence-corrected chi connectivity index (χ4v) is 1.68. The number of alkyl halides is 2. The van der Waals surface area contributed by atoms with Crippen LogP contribution in [0.4, 0.5) is 8.78 Å². The maximum absolute atomic E-state index is 12.4. The zero-order valence-electron chi connectivity index (χ0n) is 7.56. The molecule has 1 saturated carbocycles. The van der Waals surface area contributed by atoms with Crippen LogP contribution in [0.5, 0.6) is 0 Å². The van der Waals surface area contributed by atoms with Crippen molar-refractivity contribution in [3.8, 4) is 0 Å². The zero-order chi connectivity index (χ0) is 9.31. The van der Waals surface area contributed by atoms with Crippen molar-refractivity contribution < 1.29 is 13.5 Å². The molecule has 2 atom stereocenters. The summed E-state index contributed by atoms with van der Waals surface area (Å²) in [6.07, 6.45) is 1.14. The SMILES string of the molecule is FC1(F)CC1COCC1CCNC1. The van der Waals surface area contributed by atoms with Gasteiger partial charge in [-0.3, -0.25) is 0 Å². The van der Waals surface area contributed by atoms with Gasteiger partial charge in [0.15, 0.2) is 0 Å². The highest BCUT2D eigenvalue weighted by atomic mass is 19.3. The van der Waals surface area contributed by atoms with Crippen LogP contribution in [0.1, 0.15) is 12.8 Å². The van der Waals surface area contributed by atoms with Gasteiger partial charge in [0, 0.05) is 13.0 Å². The van der Waals surface area contributed by atoms with Crippen LogP contribution in [0.25, 0.3) is 0 Å². The van der Waals surface area contributed by atoms with E-state index in [9.17, 15) is 8.78 Å². The molecule has 0 aromatic heterocycles. The molecule has 0 radical (unpaired) electrons. The smallest absolute Gasteiger partial charge is 0.253 e. The number of hydrogen-bond acceptors (Lipinski definition) is 2. The van der Waals surface area contributed by atoms with Crippen molar-refractivity contribution in [3.05, 3.63) is 0 Å². The molecule has 2 unspecified atom stereocenters. The Labute approximate surface area is 76.6 Å². The summed E-state index contributed by atoms with van der Waals surface area (Å²) in [7, 11) is 0. The maximum Gasteiger partial charge on any atom is 0.253 e. The molecule has 2 aliphatic rings. The van der Waals surface area contributed by atoms with Gasteiger partial charge in [0.2, 0.25) is 0 Å². The van der Waals surface area contributed by atoms with E-state index >= 15 is 0 Å². The van der Waals surface area contributed by atoms with Gasteiger partial charge < -0.3 is 10.1 Å². The van der Waals surface area contributed by atoms with E-state index in [1.807, 2.05) is 0 Å². The van der Waals surface area contributed by atoms with Crippen molar-refractivity contribution in [2.75, 3.05) is 26.3 Å². The van der Waals surface area contributed by atoms with Crippen LogP contribution >= 0.6 is 0 Å². The second-order valence-corrected chi connectivity index (χ2v) is 4.06. The Morgan fingerprint density at radius 3 is 2.69 bits per heavy atom. The highest BCUT2D eigenvalue weighted by Gasteiger charge is 2.56. The van der Waals surface area contributed by atoms with Gasteiger partial charge in [0.1, 0.15) is 0 Å². The normalized spacial score (nSPS) is 36.5. The molecule has 2 rings (SSSR count). The molecule has 1 saturated heterocycles. The lowest BCUT2D eigenvalue weighted by atomic mass is 10.1. The Kier molecular flexibility index (Phi) is 2.51. The van der Waals surface area contributed by atoms with Gasteiger partial charge in [-0.1, -0.05) is 0 Å². The predicted octanol–water partition coefficient (Wildman–Crippen LogP) is 1.27. The molecular weight excluding hydrogens is 176 g/mol. The van der Waals surface area contributed by atoms with Crippen molar-refractivity contribution in [1.29, 1.82) is 0 Å². The molecule has 0 aromatic rings. The van der Waals surface area contributed by atoms with Crippen LogP contribution in [-0.4, -0.2) is 32.2 Å². The Morgan fingerprint density at radius 2 is 2.15 bits per heavy atom. The molecule has 2 fully saturated rings. The minimum Gasteiger partial charge on any atom is -0.381 e. The molecule has 1 aliphatic carbocycles. The van der Waals surface area contributed by atoms with E-state index < -0.39 is 11.8 Å². The average molecular weight is 191 g/mol. The number of nitrogens with one attached hydrogen (secondary N) is 1. The minimum absolute atomic E-state index is 0.0237. The molecule has 0 spiro atoms. The van der Waals surface area contributed by atoms with E-state index in [1.54, 1.807) is 0 Å². The average Bonchev–Trinajstić information content (AvgIpc) is 2.53. The second kappa shape index (κ2) is 3.50. The van der Waals surface area contributed by atoms with Crippen molar-refractivity contribution in [3.63, 3.8) is 0 Å². The van der Waals surface area contributed by atoms with Gasteiger partial charge in [-0.05, 0) is 18.9 Å². The van der Waals surface area contributed by atoms with Crippen LogP contribution in [0.2, 0.25) is 0 Å². The summed E-state index contributed by atoms with van der Waals surface area (Å²) in [5, 5.41) is 3.21. The summed E-state index contributed by atoms with van der Waals surface area (Å²) in [4.78, 5) is 0. The molecule has 1 N–H and O–H groups in total. The summed E-state index contributed by atoms with van der Waals surface area (Å²) < 4.78 is 30.1. The first-order chi connectivity index (χ1) is 6.18. The van der Waals surface area contributed by atoms with Crippen molar-refractivity contribution in [2.45, 2.75) is 18.8 Å². The van der Waals surface area contributed by atoms with E-state index in [0.717, 1.165) is 19.5 Å². The second-order valence-electron chi connectivity index (χ2n) is 4.06. The van der Waals surface area contributed by atoms with Crippen molar-refractivity contribution in [2.24, 2.45) is 11.8 Å². The minimum atomic E-state index is -2.42. The Morgan fingerprint density at radius 1 is 1.38 bits per heavy atom. The first-order valence-corrected chi connectivity index (χ1v) is 4.85. The predicted molar refractivity (Wildman–Crippen MR) is 44.8 cm³/mol. The summed E-state index contributed by atoms with van der Waals surface area (Å²) >= 11 is 0. The van der Waals surface area contributed by atoms with E-state index in [1.165, 1.54) is 0 Å². The molecule has 0 bridgehead atoms. The van der Waals surface area contributed by atoms with Crippen LogP contribution in [0, 0.1) is 11.8 Å². The molecular formula is C9H15F2NO. The lowest BCUT2D eigenvalue weighted by molar-refractivity contribution is 0.0447. The fourth-order valence-electron chi connectivity index (χ4n) is 1.68. The molecule has 13 heavy (non-hydrogen) atoms. The standard InChI is InChI=1S/C9H15F2NO/c10-9(11)3-8(9)6-13-5-7-1-2-12-4-7/h7-8,12H,1-6H2. The van der Waals surface area contributed by atoms with Gasteiger partial charge in [-0.2, -0.15) is 0 Å². The fraction of sp³-hybridized carbons (Fsp3) is 1.00. The quantitative estimate of drug-likeness (QED) is 0.722. The van der Waals surface area contributed by atoms with Crippen LogP contribution in [0.3, 0.4) is 0 Å². The van der Waals surface area contributed by atoms with Crippen LogP contribution in [-0.2, 0) is 4.74 Å². The zero-order valence-corrected chi connectivity index (χ0v) is 7.56. The summed E-state index contributed by atoms with van der Waals surface area (Å²) in [6.45, 7) is 2.89. The van der Waals surface area contributed by atoms with Crippen LogP contribution < -0.4 is 5.32 Å². The van der Waals surface area contributed by atoms with Crippen molar-refractivity contribution in [1.82, 2.24) is 5.32 Å². The topological polar surface area (TPSA) is 21.3 Å².